The average molecular weight is 430 g/mol. The minimum Gasteiger partial charge on any atom is -0.486 e. The molecule has 0 amide bonds. The number of esters is 1. The Balaban J connectivity index is 1.30. The Morgan fingerprint density at radius 1 is 0.933 bits per heavy atom. The summed E-state index contributed by atoms with van der Waals surface area (Å²) in [5.41, 5.74) is 2.93. The lowest BCUT2D eigenvalue weighted by Crippen LogP contribution is -2.18. The van der Waals surface area contributed by atoms with Crippen LogP contribution in [-0.2, 0) is 32.2 Å². The van der Waals surface area contributed by atoms with Crippen LogP contribution in [0.3, 0.4) is 0 Å². The minimum atomic E-state index is -3.71. The van der Waals surface area contributed by atoms with E-state index in [9.17, 15) is 18.0 Å². The molecule has 1 aliphatic heterocycles. The summed E-state index contributed by atoms with van der Waals surface area (Å²) in [6, 6.07) is 9.89. The molecule has 0 radical (unpaired) electrons. The highest BCUT2D eigenvalue weighted by atomic mass is 32.2. The van der Waals surface area contributed by atoms with Gasteiger partial charge in [0.2, 0.25) is 0 Å². The van der Waals surface area contributed by atoms with Crippen molar-refractivity contribution in [2.45, 2.75) is 30.6 Å². The van der Waals surface area contributed by atoms with Crippen molar-refractivity contribution in [3.8, 4) is 11.5 Å². The maximum Gasteiger partial charge on any atom is 0.307 e. The highest BCUT2D eigenvalue weighted by Gasteiger charge is 2.22. The zero-order chi connectivity index (χ0) is 21.1. The molecule has 8 heteroatoms. The molecule has 2 aromatic rings. The molecule has 2 aromatic carbocycles. The van der Waals surface area contributed by atoms with Gasteiger partial charge in [0.1, 0.15) is 13.2 Å². The summed E-state index contributed by atoms with van der Waals surface area (Å²) in [6.07, 6.45) is 2.72. The predicted molar refractivity (Wildman–Crippen MR) is 108 cm³/mol. The van der Waals surface area contributed by atoms with Gasteiger partial charge in [-0.3, -0.25) is 9.59 Å². The number of ketones is 1. The number of hydrogen-bond donors (Lipinski definition) is 0. The number of fused-ring (bicyclic) bond motifs is 2. The van der Waals surface area contributed by atoms with Crippen molar-refractivity contribution in [3.63, 3.8) is 0 Å². The van der Waals surface area contributed by atoms with Crippen molar-refractivity contribution in [2.24, 2.45) is 0 Å². The summed E-state index contributed by atoms with van der Waals surface area (Å²) in [4.78, 5) is 24.3. The van der Waals surface area contributed by atoms with Gasteiger partial charge < -0.3 is 14.2 Å². The fourth-order valence-corrected chi connectivity index (χ4v) is 4.83. The van der Waals surface area contributed by atoms with Gasteiger partial charge in [0.25, 0.3) is 0 Å². The second kappa shape index (κ2) is 8.47. The van der Waals surface area contributed by atoms with Crippen LogP contribution in [0.5, 0.6) is 11.5 Å². The van der Waals surface area contributed by atoms with Crippen LogP contribution in [-0.4, -0.2) is 45.7 Å². The first kappa shape index (κ1) is 20.4. The number of hydrogen-bond acceptors (Lipinski definition) is 7. The molecule has 1 aliphatic carbocycles. The number of carbonyl (C=O) groups excluding carboxylic acids is 2. The molecule has 0 saturated heterocycles. The van der Waals surface area contributed by atoms with E-state index in [1.165, 1.54) is 23.8 Å². The fourth-order valence-electron chi connectivity index (χ4n) is 3.60. The smallest absolute Gasteiger partial charge is 0.307 e. The standard InChI is InChI=1S/C22H22O7S/c23-19(17-5-4-15-2-1-3-16(15)12-17)14-29-22(24)8-11-30(25,26)18-6-7-20-21(13-18)28-10-9-27-20/h4-7,12-13H,1-3,8-11,14H2. The summed E-state index contributed by atoms with van der Waals surface area (Å²) < 4.78 is 40.8. The Hall–Kier alpha value is -2.87. The van der Waals surface area contributed by atoms with Crippen molar-refractivity contribution in [3.05, 3.63) is 53.1 Å². The minimum absolute atomic E-state index is 0.0498. The Kier molecular flexibility index (Phi) is 5.76. The van der Waals surface area contributed by atoms with Crippen LogP contribution in [0.15, 0.2) is 41.3 Å². The molecule has 1 heterocycles. The molecular weight excluding hydrogens is 408 g/mol. The van der Waals surface area contributed by atoms with Crippen LogP contribution in [0.4, 0.5) is 0 Å². The first-order chi connectivity index (χ1) is 14.4. The molecular formula is C22H22O7S. The SMILES string of the molecule is O=C(CCS(=O)(=O)c1ccc2c(c1)OCCO2)OCC(=O)c1ccc2c(c1)CCC2. The lowest BCUT2D eigenvalue weighted by molar-refractivity contribution is -0.142. The van der Waals surface area contributed by atoms with Gasteiger partial charge in [0, 0.05) is 11.6 Å². The average Bonchev–Trinajstić information content (AvgIpc) is 3.23. The maximum absolute atomic E-state index is 12.5. The van der Waals surface area contributed by atoms with Gasteiger partial charge in [-0.25, -0.2) is 8.42 Å². The molecule has 4 rings (SSSR count). The van der Waals surface area contributed by atoms with E-state index in [4.69, 9.17) is 14.2 Å². The lowest BCUT2D eigenvalue weighted by Gasteiger charge is -2.18. The molecule has 0 bridgehead atoms. The van der Waals surface area contributed by atoms with Crippen molar-refractivity contribution in [1.29, 1.82) is 0 Å². The number of aryl methyl sites for hydroxylation is 2. The van der Waals surface area contributed by atoms with Gasteiger partial charge in [-0.2, -0.15) is 0 Å². The van der Waals surface area contributed by atoms with Gasteiger partial charge in [-0.1, -0.05) is 12.1 Å². The molecule has 7 nitrogen and oxygen atoms in total. The first-order valence-electron chi connectivity index (χ1n) is 9.85. The summed E-state index contributed by atoms with van der Waals surface area (Å²) in [5.74, 6) is -0.591. The summed E-state index contributed by atoms with van der Waals surface area (Å²) in [6.45, 7) is 0.359. The summed E-state index contributed by atoms with van der Waals surface area (Å²) in [7, 11) is -3.71. The first-order valence-corrected chi connectivity index (χ1v) is 11.5. The molecule has 2 aliphatic rings. The van der Waals surface area contributed by atoms with E-state index in [1.54, 1.807) is 6.07 Å². The van der Waals surface area contributed by atoms with Gasteiger partial charge in [-0.05, 0) is 48.6 Å². The largest absolute Gasteiger partial charge is 0.486 e. The zero-order valence-electron chi connectivity index (χ0n) is 16.4. The maximum atomic E-state index is 12.5. The molecule has 158 valence electrons. The Morgan fingerprint density at radius 3 is 2.53 bits per heavy atom. The normalized spacial score (nSPS) is 14.8. The summed E-state index contributed by atoms with van der Waals surface area (Å²) in [5, 5.41) is 0. The van der Waals surface area contributed by atoms with Gasteiger partial charge >= 0.3 is 5.97 Å². The van der Waals surface area contributed by atoms with Gasteiger partial charge in [0.15, 0.2) is 33.7 Å². The lowest BCUT2D eigenvalue weighted by atomic mass is 10.0. The third-order valence-corrected chi connectivity index (χ3v) is 6.95. The molecule has 0 saturated carbocycles. The number of benzene rings is 2. The quantitative estimate of drug-likeness (QED) is 0.492. The number of ether oxygens (including phenoxy) is 3. The van der Waals surface area contributed by atoms with E-state index in [0.29, 0.717) is 30.3 Å². The van der Waals surface area contributed by atoms with Crippen LogP contribution < -0.4 is 9.47 Å². The highest BCUT2D eigenvalue weighted by molar-refractivity contribution is 7.91. The third-order valence-electron chi connectivity index (χ3n) is 5.23. The monoisotopic (exact) mass is 430 g/mol. The van der Waals surface area contributed by atoms with Crippen molar-refractivity contribution < 1.29 is 32.2 Å². The van der Waals surface area contributed by atoms with Crippen molar-refractivity contribution >= 4 is 21.6 Å². The Morgan fingerprint density at radius 2 is 1.70 bits per heavy atom. The number of rotatable bonds is 7. The van der Waals surface area contributed by atoms with Crippen LogP contribution in [0.1, 0.15) is 34.3 Å². The van der Waals surface area contributed by atoms with E-state index in [1.807, 2.05) is 12.1 Å². The fraction of sp³-hybridized carbons (Fsp3) is 0.364. The van der Waals surface area contributed by atoms with Gasteiger partial charge in [0.05, 0.1) is 17.1 Å². The number of carbonyl (C=O) groups is 2. The highest BCUT2D eigenvalue weighted by Crippen LogP contribution is 2.32. The Labute approximate surface area is 174 Å². The molecule has 0 N–H and O–H groups in total. The predicted octanol–water partition coefficient (Wildman–Crippen LogP) is 2.54. The van der Waals surface area contributed by atoms with E-state index in [2.05, 4.69) is 0 Å². The topological polar surface area (TPSA) is 96.0 Å². The molecule has 0 unspecified atom stereocenters. The Bertz CT molecular complexity index is 1090. The van der Waals surface area contributed by atoms with Crippen molar-refractivity contribution in [1.82, 2.24) is 0 Å². The summed E-state index contributed by atoms with van der Waals surface area (Å²) >= 11 is 0. The molecule has 0 aromatic heterocycles. The molecule has 30 heavy (non-hydrogen) atoms. The van der Waals surface area contributed by atoms with E-state index in [-0.39, 0.29) is 17.1 Å². The van der Waals surface area contributed by atoms with E-state index >= 15 is 0 Å². The van der Waals surface area contributed by atoms with E-state index < -0.39 is 28.2 Å². The zero-order valence-corrected chi connectivity index (χ0v) is 17.2. The van der Waals surface area contributed by atoms with Gasteiger partial charge in [-0.15, -0.1) is 0 Å². The number of Topliss-reactive ketones (excluding diaryl/α,β-unsaturated/α-hetero) is 1. The van der Waals surface area contributed by atoms with Crippen LogP contribution >= 0.6 is 0 Å². The third kappa shape index (κ3) is 4.48. The van der Waals surface area contributed by atoms with Crippen LogP contribution in [0.2, 0.25) is 0 Å². The van der Waals surface area contributed by atoms with Crippen LogP contribution in [0.25, 0.3) is 0 Å². The molecule has 0 fully saturated rings. The number of sulfone groups is 1. The van der Waals surface area contributed by atoms with Crippen LogP contribution in [0, 0.1) is 0 Å². The van der Waals surface area contributed by atoms with E-state index in [0.717, 1.165) is 24.8 Å². The van der Waals surface area contributed by atoms with Crippen molar-refractivity contribution in [2.75, 3.05) is 25.6 Å². The molecule has 0 spiro atoms. The molecule has 0 atom stereocenters. The second-order valence-corrected chi connectivity index (χ2v) is 9.40. The second-order valence-electron chi connectivity index (χ2n) is 7.30.